The Kier molecular flexibility index (Phi) is 4.10. The molecule has 0 aliphatic rings. The van der Waals surface area contributed by atoms with Crippen LogP contribution in [0.3, 0.4) is 0 Å². The molecular formula is C10H19N3O. The number of hydrogen-bond acceptors (Lipinski definition) is 3. The molecule has 1 rings (SSSR count). The van der Waals surface area contributed by atoms with Gasteiger partial charge in [0.15, 0.2) is 0 Å². The van der Waals surface area contributed by atoms with Crippen LogP contribution in [0.5, 0.6) is 0 Å². The SMILES string of the molecule is COCC(N)Cn1ccnc1C(C)C. The van der Waals surface area contributed by atoms with E-state index in [1.165, 1.54) is 0 Å². The second kappa shape index (κ2) is 5.12. The van der Waals surface area contributed by atoms with Crippen molar-refractivity contribution in [1.82, 2.24) is 9.55 Å². The van der Waals surface area contributed by atoms with Gasteiger partial charge in [-0.15, -0.1) is 0 Å². The Balaban J connectivity index is 2.61. The summed E-state index contributed by atoms with van der Waals surface area (Å²) in [6.45, 7) is 5.60. The Hall–Kier alpha value is -0.870. The van der Waals surface area contributed by atoms with E-state index in [1.54, 1.807) is 7.11 Å². The maximum absolute atomic E-state index is 5.87. The fourth-order valence-electron chi connectivity index (χ4n) is 1.50. The first kappa shape index (κ1) is 11.2. The van der Waals surface area contributed by atoms with E-state index in [2.05, 4.69) is 23.4 Å². The monoisotopic (exact) mass is 197 g/mol. The summed E-state index contributed by atoms with van der Waals surface area (Å²) in [5, 5.41) is 0. The van der Waals surface area contributed by atoms with Gasteiger partial charge < -0.3 is 15.0 Å². The zero-order chi connectivity index (χ0) is 10.6. The highest BCUT2D eigenvalue weighted by atomic mass is 16.5. The van der Waals surface area contributed by atoms with Crippen molar-refractivity contribution in [3.05, 3.63) is 18.2 Å². The minimum atomic E-state index is 0.0340. The topological polar surface area (TPSA) is 53.1 Å². The summed E-state index contributed by atoms with van der Waals surface area (Å²) in [7, 11) is 1.66. The number of nitrogens with zero attached hydrogens (tertiary/aromatic N) is 2. The molecule has 0 fully saturated rings. The third-order valence-electron chi connectivity index (χ3n) is 2.08. The van der Waals surface area contributed by atoms with Gasteiger partial charge in [0.25, 0.3) is 0 Å². The Bertz CT molecular complexity index is 270. The molecule has 1 heterocycles. The molecule has 4 nitrogen and oxygen atoms in total. The largest absolute Gasteiger partial charge is 0.383 e. The van der Waals surface area contributed by atoms with Gasteiger partial charge in [-0.25, -0.2) is 4.98 Å². The van der Waals surface area contributed by atoms with Gasteiger partial charge in [-0.3, -0.25) is 0 Å². The highest BCUT2D eigenvalue weighted by molar-refractivity contribution is 4.98. The first-order valence-corrected chi connectivity index (χ1v) is 4.90. The molecule has 0 aliphatic carbocycles. The van der Waals surface area contributed by atoms with E-state index in [9.17, 15) is 0 Å². The van der Waals surface area contributed by atoms with Crippen molar-refractivity contribution in [2.24, 2.45) is 5.73 Å². The third-order valence-corrected chi connectivity index (χ3v) is 2.08. The van der Waals surface area contributed by atoms with Crippen molar-refractivity contribution < 1.29 is 4.74 Å². The minimum Gasteiger partial charge on any atom is -0.383 e. The summed E-state index contributed by atoms with van der Waals surface area (Å²) in [4.78, 5) is 4.30. The van der Waals surface area contributed by atoms with Crippen LogP contribution >= 0.6 is 0 Å². The van der Waals surface area contributed by atoms with Crippen LogP contribution in [0.15, 0.2) is 12.4 Å². The normalized spacial score (nSPS) is 13.5. The number of ether oxygens (including phenoxy) is 1. The quantitative estimate of drug-likeness (QED) is 0.765. The second-order valence-corrected chi connectivity index (χ2v) is 3.81. The standard InChI is InChI=1S/C10H19N3O/c1-8(2)10-12-4-5-13(10)6-9(11)7-14-3/h4-5,8-9H,6-7,11H2,1-3H3. The van der Waals surface area contributed by atoms with Crippen molar-refractivity contribution in [2.75, 3.05) is 13.7 Å². The van der Waals surface area contributed by atoms with Gasteiger partial charge in [-0.2, -0.15) is 0 Å². The summed E-state index contributed by atoms with van der Waals surface area (Å²) in [6.07, 6.45) is 3.78. The van der Waals surface area contributed by atoms with Crippen LogP contribution in [0.1, 0.15) is 25.6 Å². The van der Waals surface area contributed by atoms with Gasteiger partial charge in [0.2, 0.25) is 0 Å². The molecule has 0 saturated heterocycles. The minimum absolute atomic E-state index is 0.0340. The predicted octanol–water partition coefficient (Wildman–Crippen LogP) is 0.980. The molecule has 0 amide bonds. The molecule has 4 heteroatoms. The van der Waals surface area contributed by atoms with Crippen molar-refractivity contribution in [2.45, 2.75) is 32.4 Å². The average molecular weight is 197 g/mol. The van der Waals surface area contributed by atoms with E-state index in [0.29, 0.717) is 12.5 Å². The van der Waals surface area contributed by atoms with E-state index in [-0.39, 0.29) is 6.04 Å². The molecule has 1 aromatic heterocycles. The average Bonchev–Trinajstić information content (AvgIpc) is 2.52. The molecule has 1 unspecified atom stereocenters. The first-order valence-electron chi connectivity index (χ1n) is 4.90. The fraction of sp³-hybridized carbons (Fsp3) is 0.700. The Morgan fingerprint density at radius 1 is 1.57 bits per heavy atom. The van der Waals surface area contributed by atoms with E-state index < -0.39 is 0 Å². The lowest BCUT2D eigenvalue weighted by Crippen LogP contribution is -2.31. The molecule has 0 saturated carbocycles. The van der Waals surface area contributed by atoms with Gasteiger partial charge in [-0.1, -0.05) is 13.8 Å². The van der Waals surface area contributed by atoms with Crippen LogP contribution in [-0.2, 0) is 11.3 Å². The smallest absolute Gasteiger partial charge is 0.111 e. The van der Waals surface area contributed by atoms with Crippen molar-refractivity contribution in [1.29, 1.82) is 0 Å². The van der Waals surface area contributed by atoms with Gasteiger partial charge in [0, 0.05) is 38.0 Å². The molecule has 0 aromatic carbocycles. The lowest BCUT2D eigenvalue weighted by Gasteiger charge is -2.14. The highest BCUT2D eigenvalue weighted by Crippen LogP contribution is 2.11. The van der Waals surface area contributed by atoms with Gasteiger partial charge >= 0.3 is 0 Å². The van der Waals surface area contributed by atoms with Crippen LogP contribution in [0.25, 0.3) is 0 Å². The summed E-state index contributed by atoms with van der Waals surface area (Å²) >= 11 is 0. The zero-order valence-electron chi connectivity index (χ0n) is 9.10. The van der Waals surface area contributed by atoms with Crippen LogP contribution < -0.4 is 5.73 Å². The second-order valence-electron chi connectivity index (χ2n) is 3.81. The Morgan fingerprint density at radius 2 is 2.29 bits per heavy atom. The molecule has 14 heavy (non-hydrogen) atoms. The maximum atomic E-state index is 5.87. The van der Waals surface area contributed by atoms with Crippen LogP contribution in [0, 0.1) is 0 Å². The lowest BCUT2D eigenvalue weighted by atomic mass is 10.2. The van der Waals surface area contributed by atoms with Crippen molar-refractivity contribution in [3.63, 3.8) is 0 Å². The fourth-order valence-corrected chi connectivity index (χ4v) is 1.50. The molecule has 1 aromatic rings. The van der Waals surface area contributed by atoms with E-state index >= 15 is 0 Å². The van der Waals surface area contributed by atoms with E-state index in [0.717, 1.165) is 12.4 Å². The molecule has 1 atom stereocenters. The molecule has 0 radical (unpaired) electrons. The molecule has 80 valence electrons. The van der Waals surface area contributed by atoms with E-state index in [1.807, 2.05) is 12.4 Å². The number of nitrogens with two attached hydrogens (primary N) is 1. The van der Waals surface area contributed by atoms with Gasteiger partial charge in [-0.05, 0) is 0 Å². The third kappa shape index (κ3) is 2.82. The van der Waals surface area contributed by atoms with E-state index in [4.69, 9.17) is 10.5 Å². The number of imidazole rings is 1. The number of aromatic nitrogens is 2. The molecule has 0 spiro atoms. The molecular weight excluding hydrogens is 178 g/mol. The van der Waals surface area contributed by atoms with Crippen molar-refractivity contribution >= 4 is 0 Å². The Morgan fingerprint density at radius 3 is 2.86 bits per heavy atom. The summed E-state index contributed by atoms with van der Waals surface area (Å²) < 4.78 is 7.09. The Labute approximate surface area is 85.1 Å². The summed E-state index contributed by atoms with van der Waals surface area (Å²) in [5.74, 6) is 1.51. The van der Waals surface area contributed by atoms with Gasteiger partial charge in [0.05, 0.1) is 6.61 Å². The molecule has 2 N–H and O–H groups in total. The summed E-state index contributed by atoms with van der Waals surface area (Å²) in [5.41, 5.74) is 5.87. The molecule has 0 aliphatic heterocycles. The predicted molar refractivity (Wildman–Crippen MR) is 56.2 cm³/mol. The summed E-state index contributed by atoms with van der Waals surface area (Å²) in [6, 6.07) is 0.0340. The number of hydrogen-bond donors (Lipinski definition) is 1. The first-order chi connectivity index (χ1) is 6.65. The van der Waals surface area contributed by atoms with Gasteiger partial charge in [0.1, 0.15) is 5.82 Å². The lowest BCUT2D eigenvalue weighted by molar-refractivity contribution is 0.173. The highest BCUT2D eigenvalue weighted by Gasteiger charge is 2.09. The zero-order valence-corrected chi connectivity index (χ0v) is 9.10. The van der Waals surface area contributed by atoms with Crippen LogP contribution in [0.2, 0.25) is 0 Å². The number of methoxy groups -OCH3 is 1. The number of rotatable bonds is 5. The van der Waals surface area contributed by atoms with Crippen molar-refractivity contribution in [3.8, 4) is 0 Å². The molecule has 0 bridgehead atoms. The van der Waals surface area contributed by atoms with Crippen LogP contribution in [-0.4, -0.2) is 29.3 Å². The van der Waals surface area contributed by atoms with Crippen LogP contribution in [0.4, 0.5) is 0 Å². The maximum Gasteiger partial charge on any atom is 0.111 e.